The van der Waals surface area contributed by atoms with Gasteiger partial charge in [-0.05, 0) is 38.0 Å². The highest BCUT2D eigenvalue weighted by atomic mass is 35.5. The van der Waals surface area contributed by atoms with Crippen LogP contribution in [0.1, 0.15) is 36.5 Å². The molecule has 1 aromatic carbocycles. The lowest BCUT2D eigenvalue weighted by Gasteiger charge is -2.14. The van der Waals surface area contributed by atoms with E-state index < -0.39 is 5.97 Å². The molecule has 104 valence electrons. The number of carbonyl (C=O) groups excluding carboxylic acids is 1. The summed E-state index contributed by atoms with van der Waals surface area (Å²) in [6, 6.07) is 4.55. The lowest BCUT2D eigenvalue weighted by molar-refractivity contribution is -0.137. The van der Waals surface area contributed by atoms with Crippen molar-refractivity contribution in [3.63, 3.8) is 0 Å². The van der Waals surface area contributed by atoms with Crippen LogP contribution in [0, 0.1) is 0 Å². The molecule has 0 aliphatic rings. The second-order valence-corrected chi connectivity index (χ2v) is 5.13. The first-order chi connectivity index (χ1) is 8.90. The number of nitrogens with one attached hydrogen (secondary N) is 1. The molecule has 6 heteroatoms. The van der Waals surface area contributed by atoms with E-state index in [1.54, 1.807) is 12.1 Å². The van der Waals surface area contributed by atoms with Crippen LogP contribution in [-0.2, 0) is 4.79 Å². The Balaban J connectivity index is 2.52. The fourth-order valence-corrected chi connectivity index (χ4v) is 2.10. The first kappa shape index (κ1) is 15.8. The molecule has 1 rings (SSSR count). The van der Waals surface area contributed by atoms with Crippen molar-refractivity contribution in [2.45, 2.75) is 32.2 Å². The van der Waals surface area contributed by atoms with E-state index in [0.717, 1.165) is 0 Å². The van der Waals surface area contributed by atoms with Gasteiger partial charge in [0, 0.05) is 17.5 Å². The number of hydrogen-bond donors (Lipinski definition) is 2. The molecule has 0 saturated heterocycles. The maximum absolute atomic E-state index is 11.9. The summed E-state index contributed by atoms with van der Waals surface area (Å²) < 4.78 is 0. The monoisotopic (exact) mass is 303 g/mol. The van der Waals surface area contributed by atoms with Gasteiger partial charge in [-0.15, -0.1) is 0 Å². The van der Waals surface area contributed by atoms with Crippen LogP contribution in [0.2, 0.25) is 10.0 Å². The van der Waals surface area contributed by atoms with Gasteiger partial charge in [0.05, 0.1) is 10.6 Å². The first-order valence-electron chi connectivity index (χ1n) is 5.88. The highest BCUT2D eigenvalue weighted by Crippen LogP contribution is 2.21. The predicted octanol–water partition coefficient (Wildman–Crippen LogP) is 3.37. The summed E-state index contributed by atoms with van der Waals surface area (Å²) in [4.78, 5) is 22.3. The number of carboxylic acids is 1. The van der Waals surface area contributed by atoms with Crippen molar-refractivity contribution in [2.75, 3.05) is 0 Å². The third-order valence-electron chi connectivity index (χ3n) is 2.58. The second-order valence-electron chi connectivity index (χ2n) is 4.28. The largest absolute Gasteiger partial charge is 0.481 e. The third kappa shape index (κ3) is 5.49. The van der Waals surface area contributed by atoms with Crippen molar-refractivity contribution >= 4 is 35.1 Å². The van der Waals surface area contributed by atoms with Gasteiger partial charge < -0.3 is 10.4 Å². The Morgan fingerprint density at radius 1 is 1.37 bits per heavy atom. The maximum Gasteiger partial charge on any atom is 0.303 e. The van der Waals surface area contributed by atoms with E-state index in [4.69, 9.17) is 28.3 Å². The third-order valence-corrected chi connectivity index (χ3v) is 3.13. The Bertz CT molecular complexity index is 477. The molecule has 0 aromatic heterocycles. The Kier molecular flexibility index (Phi) is 6.12. The Morgan fingerprint density at radius 2 is 2.05 bits per heavy atom. The molecular weight excluding hydrogens is 289 g/mol. The van der Waals surface area contributed by atoms with Gasteiger partial charge in [0.25, 0.3) is 5.91 Å². The summed E-state index contributed by atoms with van der Waals surface area (Å²) in [5, 5.41) is 12.1. The average molecular weight is 304 g/mol. The van der Waals surface area contributed by atoms with Crippen LogP contribution in [0.25, 0.3) is 0 Å². The molecule has 0 aliphatic heterocycles. The summed E-state index contributed by atoms with van der Waals surface area (Å²) in [5.74, 6) is -1.12. The van der Waals surface area contributed by atoms with Crippen LogP contribution in [0.3, 0.4) is 0 Å². The van der Waals surface area contributed by atoms with Gasteiger partial charge in [0.15, 0.2) is 0 Å². The van der Waals surface area contributed by atoms with E-state index in [2.05, 4.69) is 5.32 Å². The summed E-state index contributed by atoms with van der Waals surface area (Å²) in [7, 11) is 0. The quantitative estimate of drug-likeness (QED) is 0.847. The van der Waals surface area contributed by atoms with Crippen LogP contribution in [0.15, 0.2) is 18.2 Å². The van der Waals surface area contributed by atoms with E-state index in [0.29, 0.717) is 28.5 Å². The van der Waals surface area contributed by atoms with Gasteiger partial charge >= 0.3 is 5.97 Å². The fourth-order valence-electron chi connectivity index (χ4n) is 1.61. The molecule has 2 N–H and O–H groups in total. The predicted molar refractivity (Wildman–Crippen MR) is 74.9 cm³/mol. The smallest absolute Gasteiger partial charge is 0.303 e. The number of amides is 1. The fraction of sp³-hybridized carbons (Fsp3) is 0.385. The summed E-state index contributed by atoms with van der Waals surface area (Å²) in [6.07, 6.45) is 1.22. The minimum Gasteiger partial charge on any atom is -0.481 e. The lowest BCUT2D eigenvalue weighted by Crippen LogP contribution is -2.32. The number of rotatable bonds is 6. The molecule has 1 amide bonds. The SMILES string of the molecule is CC(CCCC(=O)O)NC(=O)c1ccc(Cl)cc1Cl. The second kappa shape index (κ2) is 7.36. The van der Waals surface area contributed by atoms with Crippen LogP contribution < -0.4 is 5.32 Å². The lowest BCUT2D eigenvalue weighted by atomic mass is 10.1. The molecule has 0 saturated carbocycles. The van der Waals surface area contributed by atoms with E-state index >= 15 is 0 Å². The molecule has 1 unspecified atom stereocenters. The minimum atomic E-state index is -0.834. The Labute approximate surface area is 121 Å². The average Bonchev–Trinajstić information content (AvgIpc) is 2.27. The normalized spacial score (nSPS) is 11.9. The number of halogens is 2. The topological polar surface area (TPSA) is 66.4 Å². The number of aliphatic carboxylic acids is 1. The summed E-state index contributed by atoms with van der Waals surface area (Å²) in [5.41, 5.74) is 0.358. The van der Waals surface area contributed by atoms with Gasteiger partial charge in [-0.1, -0.05) is 23.2 Å². The van der Waals surface area contributed by atoms with E-state index in [1.807, 2.05) is 6.92 Å². The molecule has 0 bridgehead atoms. The van der Waals surface area contributed by atoms with E-state index in [-0.39, 0.29) is 18.4 Å². The molecule has 4 nitrogen and oxygen atoms in total. The van der Waals surface area contributed by atoms with Crippen LogP contribution in [0.5, 0.6) is 0 Å². The van der Waals surface area contributed by atoms with Gasteiger partial charge in [-0.25, -0.2) is 0 Å². The summed E-state index contributed by atoms with van der Waals surface area (Å²) >= 11 is 11.7. The minimum absolute atomic E-state index is 0.0991. The number of carbonyl (C=O) groups is 2. The highest BCUT2D eigenvalue weighted by Gasteiger charge is 2.13. The molecule has 0 heterocycles. The molecular formula is C13H15Cl2NO3. The van der Waals surface area contributed by atoms with Gasteiger partial charge in [-0.3, -0.25) is 9.59 Å². The zero-order chi connectivity index (χ0) is 14.4. The molecule has 0 aliphatic carbocycles. The van der Waals surface area contributed by atoms with Crippen molar-refractivity contribution in [1.82, 2.24) is 5.32 Å². The molecule has 1 atom stereocenters. The van der Waals surface area contributed by atoms with Gasteiger partial charge in [0.1, 0.15) is 0 Å². The van der Waals surface area contributed by atoms with Crippen LogP contribution in [0.4, 0.5) is 0 Å². The van der Waals surface area contributed by atoms with E-state index in [1.165, 1.54) is 6.07 Å². The molecule has 1 aromatic rings. The molecule has 0 radical (unpaired) electrons. The van der Waals surface area contributed by atoms with E-state index in [9.17, 15) is 9.59 Å². The first-order valence-corrected chi connectivity index (χ1v) is 6.63. The van der Waals surface area contributed by atoms with Crippen molar-refractivity contribution in [1.29, 1.82) is 0 Å². The van der Waals surface area contributed by atoms with Crippen LogP contribution >= 0.6 is 23.2 Å². The van der Waals surface area contributed by atoms with Crippen molar-refractivity contribution in [3.8, 4) is 0 Å². The number of hydrogen-bond acceptors (Lipinski definition) is 2. The number of benzene rings is 1. The summed E-state index contributed by atoms with van der Waals surface area (Å²) in [6.45, 7) is 1.82. The highest BCUT2D eigenvalue weighted by molar-refractivity contribution is 6.36. The standard InChI is InChI=1S/C13H15Cl2NO3/c1-8(3-2-4-12(17)18)16-13(19)10-6-5-9(14)7-11(10)15/h5-8H,2-4H2,1H3,(H,16,19)(H,17,18). The van der Waals surface area contributed by atoms with Crippen molar-refractivity contribution in [3.05, 3.63) is 33.8 Å². The van der Waals surface area contributed by atoms with Gasteiger partial charge in [-0.2, -0.15) is 0 Å². The van der Waals surface area contributed by atoms with Crippen LogP contribution in [-0.4, -0.2) is 23.0 Å². The number of carboxylic acid groups (broad SMARTS) is 1. The molecule has 0 spiro atoms. The molecule has 0 fully saturated rings. The Morgan fingerprint density at radius 3 is 2.63 bits per heavy atom. The zero-order valence-electron chi connectivity index (χ0n) is 10.5. The molecule has 19 heavy (non-hydrogen) atoms. The maximum atomic E-state index is 11.9. The van der Waals surface area contributed by atoms with Crippen molar-refractivity contribution < 1.29 is 14.7 Å². The van der Waals surface area contributed by atoms with Crippen molar-refractivity contribution in [2.24, 2.45) is 0 Å². The van der Waals surface area contributed by atoms with Gasteiger partial charge in [0.2, 0.25) is 0 Å². The zero-order valence-corrected chi connectivity index (χ0v) is 12.0. The Hall–Kier alpha value is -1.26.